The van der Waals surface area contributed by atoms with Gasteiger partial charge in [-0.25, -0.2) is 4.98 Å². The first-order valence-electron chi connectivity index (χ1n) is 5.72. The third-order valence-electron chi connectivity index (χ3n) is 2.19. The Balaban J connectivity index is 2.15. The van der Waals surface area contributed by atoms with Crippen molar-refractivity contribution in [3.63, 3.8) is 0 Å². The Morgan fingerprint density at radius 2 is 1.95 bits per heavy atom. The van der Waals surface area contributed by atoms with Crippen molar-refractivity contribution in [1.82, 2.24) is 9.97 Å². The first-order chi connectivity index (χ1) is 9.17. The predicted octanol–water partition coefficient (Wildman–Crippen LogP) is 4.06. The Hall–Kier alpha value is -0.920. The number of aromatic nitrogens is 2. The first-order valence-corrected chi connectivity index (χ1v) is 7.17. The highest BCUT2D eigenvalue weighted by Gasteiger charge is 2.05. The molecule has 1 aromatic carbocycles. The van der Waals surface area contributed by atoms with Crippen LogP contribution in [0.25, 0.3) is 0 Å². The largest absolute Gasteiger partial charge is 0.439 e. The summed E-state index contributed by atoms with van der Waals surface area (Å²) in [7, 11) is 0. The zero-order chi connectivity index (χ0) is 13.7. The van der Waals surface area contributed by atoms with Gasteiger partial charge in [0, 0.05) is 16.2 Å². The fourth-order valence-electron chi connectivity index (χ4n) is 1.38. The molecule has 0 saturated carbocycles. The second-order valence-corrected chi connectivity index (χ2v) is 5.27. The maximum atomic E-state index is 5.93. The Morgan fingerprint density at radius 3 is 2.63 bits per heavy atom. The van der Waals surface area contributed by atoms with Crippen molar-refractivity contribution in [3.05, 3.63) is 44.9 Å². The minimum Gasteiger partial charge on any atom is -0.439 e. The SMILES string of the molecule is CCOCc1nc(Cl)cc(Oc2ccc(I)cc2)n1. The molecule has 0 saturated heterocycles. The summed E-state index contributed by atoms with van der Waals surface area (Å²) in [5, 5.41) is 0.338. The standard InChI is InChI=1S/C13H12ClIN2O2/c1-2-18-8-12-16-11(14)7-13(17-12)19-10-5-3-9(15)4-6-10/h3-7H,2,8H2,1H3. The fourth-order valence-corrected chi connectivity index (χ4v) is 1.93. The van der Waals surface area contributed by atoms with Gasteiger partial charge in [0.15, 0.2) is 5.82 Å². The second kappa shape index (κ2) is 7.02. The van der Waals surface area contributed by atoms with Crippen molar-refractivity contribution in [3.8, 4) is 11.6 Å². The van der Waals surface area contributed by atoms with Crippen LogP contribution in [0.15, 0.2) is 30.3 Å². The van der Waals surface area contributed by atoms with Crippen LogP contribution in [0, 0.1) is 3.57 Å². The number of hydrogen-bond acceptors (Lipinski definition) is 4. The smallest absolute Gasteiger partial charge is 0.224 e. The van der Waals surface area contributed by atoms with E-state index in [4.69, 9.17) is 21.1 Å². The number of halogens is 2. The summed E-state index contributed by atoms with van der Waals surface area (Å²) in [6.45, 7) is 2.83. The summed E-state index contributed by atoms with van der Waals surface area (Å²) in [6, 6.07) is 9.24. The third-order valence-corrected chi connectivity index (χ3v) is 3.10. The molecule has 19 heavy (non-hydrogen) atoms. The summed E-state index contributed by atoms with van der Waals surface area (Å²) < 4.78 is 12.0. The lowest BCUT2D eigenvalue weighted by Crippen LogP contribution is -2.01. The lowest BCUT2D eigenvalue weighted by Gasteiger charge is -2.07. The Morgan fingerprint density at radius 1 is 1.21 bits per heavy atom. The Bertz CT molecular complexity index is 549. The van der Waals surface area contributed by atoms with E-state index in [0.717, 1.165) is 3.57 Å². The Labute approximate surface area is 130 Å². The van der Waals surface area contributed by atoms with Gasteiger partial charge in [-0.1, -0.05) is 11.6 Å². The van der Waals surface area contributed by atoms with Crippen molar-refractivity contribution < 1.29 is 9.47 Å². The number of hydrogen-bond donors (Lipinski definition) is 0. The van der Waals surface area contributed by atoms with Crippen LogP contribution >= 0.6 is 34.2 Å². The van der Waals surface area contributed by atoms with Crippen LogP contribution in [0.1, 0.15) is 12.7 Å². The number of rotatable bonds is 5. The molecule has 2 aromatic rings. The maximum absolute atomic E-state index is 5.93. The number of nitrogens with zero attached hydrogens (tertiary/aromatic N) is 2. The normalized spacial score (nSPS) is 10.5. The molecular weight excluding hydrogens is 379 g/mol. The van der Waals surface area contributed by atoms with E-state index in [1.54, 1.807) is 6.07 Å². The first kappa shape index (κ1) is 14.5. The lowest BCUT2D eigenvalue weighted by molar-refractivity contribution is 0.128. The molecule has 1 aromatic heterocycles. The van der Waals surface area contributed by atoms with E-state index in [2.05, 4.69) is 32.6 Å². The topological polar surface area (TPSA) is 44.2 Å². The predicted molar refractivity (Wildman–Crippen MR) is 81.6 cm³/mol. The van der Waals surface area contributed by atoms with E-state index in [9.17, 15) is 0 Å². The van der Waals surface area contributed by atoms with E-state index in [-0.39, 0.29) is 0 Å². The Kier molecular flexibility index (Phi) is 5.35. The maximum Gasteiger partial charge on any atom is 0.224 e. The average molecular weight is 391 g/mol. The van der Waals surface area contributed by atoms with E-state index < -0.39 is 0 Å². The van der Waals surface area contributed by atoms with Gasteiger partial charge >= 0.3 is 0 Å². The summed E-state index contributed by atoms with van der Waals surface area (Å²) >= 11 is 8.17. The number of benzene rings is 1. The van der Waals surface area contributed by atoms with E-state index in [0.29, 0.717) is 35.8 Å². The molecule has 0 radical (unpaired) electrons. The van der Waals surface area contributed by atoms with Crippen LogP contribution in [0.4, 0.5) is 0 Å². The molecule has 0 aliphatic heterocycles. The highest BCUT2D eigenvalue weighted by molar-refractivity contribution is 14.1. The van der Waals surface area contributed by atoms with Crippen molar-refractivity contribution in [2.75, 3.05) is 6.61 Å². The van der Waals surface area contributed by atoms with E-state index >= 15 is 0 Å². The van der Waals surface area contributed by atoms with Crippen molar-refractivity contribution in [2.24, 2.45) is 0 Å². The van der Waals surface area contributed by atoms with Gasteiger partial charge in [-0.15, -0.1) is 0 Å². The zero-order valence-corrected chi connectivity index (χ0v) is 13.2. The molecular formula is C13H12ClIN2O2. The van der Waals surface area contributed by atoms with E-state index in [1.807, 2.05) is 31.2 Å². The molecule has 4 nitrogen and oxygen atoms in total. The highest BCUT2D eigenvalue weighted by Crippen LogP contribution is 2.22. The number of ether oxygens (including phenoxy) is 2. The van der Waals surface area contributed by atoms with Gasteiger partial charge in [0.05, 0.1) is 0 Å². The minimum atomic E-state index is 0.320. The van der Waals surface area contributed by atoms with Gasteiger partial charge < -0.3 is 9.47 Å². The quantitative estimate of drug-likeness (QED) is 0.570. The molecule has 6 heteroatoms. The molecule has 0 bridgehead atoms. The van der Waals surface area contributed by atoms with Gasteiger partial charge in [-0.3, -0.25) is 0 Å². The minimum absolute atomic E-state index is 0.320. The van der Waals surface area contributed by atoms with Crippen molar-refractivity contribution in [1.29, 1.82) is 0 Å². The van der Waals surface area contributed by atoms with Gasteiger partial charge in [0.1, 0.15) is 17.5 Å². The molecule has 0 amide bonds. The van der Waals surface area contributed by atoms with Crippen LogP contribution in [-0.4, -0.2) is 16.6 Å². The molecule has 0 atom stereocenters. The third kappa shape index (κ3) is 4.59. The summed E-state index contributed by atoms with van der Waals surface area (Å²) in [5.74, 6) is 1.63. The van der Waals surface area contributed by atoms with Gasteiger partial charge in [-0.05, 0) is 53.8 Å². The second-order valence-electron chi connectivity index (χ2n) is 3.64. The average Bonchev–Trinajstić information content (AvgIpc) is 2.38. The molecule has 100 valence electrons. The van der Waals surface area contributed by atoms with Crippen LogP contribution in [0.3, 0.4) is 0 Å². The zero-order valence-electron chi connectivity index (χ0n) is 10.3. The van der Waals surface area contributed by atoms with Gasteiger partial charge in [-0.2, -0.15) is 4.98 Å². The molecule has 0 spiro atoms. The summed E-state index contributed by atoms with van der Waals surface area (Å²) in [5.41, 5.74) is 0. The summed E-state index contributed by atoms with van der Waals surface area (Å²) in [4.78, 5) is 8.32. The monoisotopic (exact) mass is 390 g/mol. The van der Waals surface area contributed by atoms with Gasteiger partial charge in [0.2, 0.25) is 5.88 Å². The van der Waals surface area contributed by atoms with Crippen molar-refractivity contribution >= 4 is 34.2 Å². The molecule has 1 heterocycles. The molecule has 0 unspecified atom stereocenters. The summed E-state index contributed by atoms with van der Waals surface area (Å²) in [6.07, 6.45) is 0. The van der Waals surface area contributed by atoms with Gasteiger partial charge in [0.25, 0.3) is 0 Å². The van der Waals surface area contributed by atoms with E-state index in [1.165, 1.54) is 0 Å². The molecule has 0 aliphatic rings. The lowest BCUT2D eigenvalue weighted by atomic mass is 10.3. The molecule has 0 N–H and O–H groups in total. The van der Waals surface area contributed by atoms with Crippen molar-refractivity contribution in [2.45, 2.75) is 13.5 Å². The van der Waals surface area contributed by atoms with Crippen LogP contribution < -0.4 is 4.74 Å². The fraction of sp³-hybridized carbons (Fsp3) is 0.231. The molecule has 0 fully saturated rings. The molecule has 0 aliphatic carbocycles. The highest BCUT2D eigenvalue weighted by atomic mass is 127. The molecule has 2 rings (SSSR count). The van der Waals surface area contributed by atoms with Crippen LogP contribution in [0.5, 0.6) is 11.6 Å². The van der Waals surface area contributed by atoms with Crippen LogP contribution in [-0.2, 0) is 11.3 Å². The van der Waals surface area contributed by atoms with Crippen LogP contribution in [0.2, 0.25) is 5.15 Å².